The molecule has 0 aromatic heterocycles. The normalized spacial score (nSPS) is 8.79. The quantitative estimate of drug-likeness (QED) is 0.785. The van der Waals surface area contributed by atoms with E-state index in [2.05, 4.69) is 6.92 Å². The molecule has 1 rings (SSSR count). The predicted octanol–water partition coefficient (Wildman–Crippen LogP) is 1.89. The van der Waals surface area contributed by atoms with Crippen LogP contribution in [0, 0.1) is 6.92 Å². The van der Waals surface area contributed by atoms with Gasteiger partial charge in [0.05, 0.1) is 27.1 Å². The van der Waals surface area contributed by atoms with Gasteiger partial charge in [-0.2, -0.15) is 18.6 Å². The van der Waals surface area contributed by atoms with Gasteiger partial charge in [0.25, 0.3) is 0 Å². The smallest absolute Gasteiger partial charge is 0.146 e. The minimum atomic E-state index is 0. The summed E-state index contributed by atoms with van der Waals surface area (Å²) in [5.74, 6) is 1.84. The molecule has 0 unspecified atom stereocenters. The average molecular weight is 270 g/mol. The Kier molecular flexibility index (Phi) is 5.97. The van der Waals surface area contributed by atoms with E-state index in [1.165, 1.54) is 0 Å². The number of ether oxygens (including phenoxy) is 3. The predicted molar refractivity (Wildman–Crippen MR) is 50.6 cm³/mol. The first kappa shape index (κ1) is 13.6. The molecule has 0 atom stereocenters. The zero-order valence-electron chi connectivity index (χ0n) is 8.66. The van der Waals surface area contributed by atoms with E-state index in [4.69, 9.17) is 14.2 Å². The van der Waals surface area contributed by atoms with Crippen LogP contribution in [0.2, 0.25) is 0 Å². The summed E-state index contributed by atoms with van der Waals surface area (Å²) in [5, 5.41) is 0. The van der Waals surface area contributed by atoms with Gasteiger partial charge in [0.15, 0.2) is 0 Å². The summed E-state index contributed by atoms with van der Waals surface area (Å²) >= 11 is 0. The molecule has 1 aromatic carbocycles. The minimum Gasteiger partial charge on any atom is -0.550 e. The molecule has 0 aliphatic heterocycles. The first-order chi connectivity index (χ1) is 6.24. The molecule has 1 radical (unpaired) electrons. The van der Waals surface area contributed by atoms with Gasteiger partial charge in [0.2, 0.25) is 0 Å². The molecule has 0 spiro atoms. The molecule has 0 heterocycles. The van der Waals surface area contributed by atoms with Gasteiger partial charge in [-0.3, -0.25) is 0 Å². The van der Waals surface area contributed by atoms with Crippen LogP contribution in [0.25, 0.3) is 0 Å². The third-order valence-corrected chi connectivity index (χ3v) is 1.79. The SMILES string of the molecule is [CH2-]c1ccc(OC)c(OC)c1OC.[Y]. The molecule has 0 bridgehead atoms. The standard InChI is InChI=1S/C10H13O3.Y/c1-7-5-6-8(11-2)10(13-4)9(7)12-3;/h5-6H,1H2,2-4H3;/q-1;. The second-order valence-electron chi connectivity index (χ2n) is 2.49. The van der Waals surface area contributed by atoms with E-state index in [0.29, 0.717) is 17.2 Å². The van der Waals surface area contributed by atoms with Crippen molar-refractivity contribution in [1.29, 1.82) is 0 Å². The maximum absolute atomic E-state index is 5.15. The van der Waals surface area contributed by atoms with Crippen LogP contribution in [0.3, 0.4) is 0 Å². The Morgan fingerprint density at radius 1 is 0.929 bits per heavy atom. The third-order valence-electron chi connectivity index (χ3n) is 1.79. The van der Waals surface area contributed by atoms with Crippen LogP contribution >= 0.6 is 0 Å². The fourth-order valence-corrected chi connectivity index (χ4v) is 1.16. The monoisotopic (exact) mass is 270 g/mol. The van der Waals surface area contributed by atoms with Gasteiger partial charge in [-0.05, 0) is 0 Å². The van der Waals surface area contributed by atoms with Crippen LogP contribution in [-0.2, 0) is 32.7 Å². The number of methoxy groups -OCH3 is 3. The molecule has 75 valence electrons. The van der Waals surface area contributed by atoms with E-state index in [-0.39, 0.29) is 32.7 Å². The van der Waals surface area contributed by atoms with Crippen molar-refractivity contribution in [3.63, 3.8) is 0 Å². The Hall–Kier alpha value is -0.406. The Balaban J connectivity index is 0.00000169. The van der Waals surface area contributed by atoms with E-state index < -0.39 is 0 Å². The van der Waals surface area contributed by atoms with Gasteiger partial charge < -0.3 is 14.2 Å². The first-order valence-corrected chi connectivity index (χ1v) is 3.85. The maximum Gasteiger partial charge on any atom is 0.146 e. The molecular weight excluding hydrogens is 257 g/mol. The van der Waals surface area contributed by atoms with Gasteiger partial charge >= 0.3 is 0 Å². The summed E-state index contributed by atoms with van der Waals surface area (Å²) < 4.78 is 15.4. The van der Waals surface area contributed by atoms with Gasteiger partial charge in [-0.15, -0.1) is 0 Å². The van der Waals surface area contributed by atoms with Crippen molar-refractivity contribution in [2.75, 3.05) is 21.3 Å². The molecule has 0 saturated heterocycles. The molecule has 3 nitrogen and oxygen atoms in total. The number of hydrogen-bond donors (Lipinski definition) is 0. The van der Waals surface area contributed by atoms with Crippen molar-refractivity contribution in [2.45, 2.75) is 0 Å². The van der Waals surface area contributed by atoms with Crippen molar-refractivity contribution >= 4 is 0 Å². The second kappa shape index (κ2) is 6.15. The fraction of sp³-hybridized carbons (Fsp3) is 0.300. The molecule has 0 aliphatic rings. The van der Waals surface area contributed by atoms with Crippen LogP contribution < -0.4 is 14.2 Å². The summed E-state index contributed by atoms with van der Waals surface area (Å²) in [6.07, 6.45) is 0. The molecule has 0 amide bonds. The van der Waals surface area contributed by atoms with E-state index in [0.717, 1.165) is 5.56 Å². The minimum absolute atomic E-state index is 0. The van der Waals surface area contributed by atoms with E-state index >= 15 is 0 Å². The molecule has 0 N–H and O–H groups in total. The first-order valence-electron chi connectivity index (χ1n) is 3.85. The Morgan fingerprint density at radius 3 is 1.93 bits per heavy atom. The van der Waals surface area contributed by atoms with Crippen molar-refractivity contribution in [3.8, 4) is 17.2 Å². The zero-order valence-corrected chi connectivity index (χ0v) is 11.5. The fourth-order valence-electron chi connectivity index (χ4n) is 1.16. The summed E-state index contributed by atoms with van der Waals surface area (Å²) in [6.45, 7) is 3.81. The van der Waals surface area contributed by atoms with E-state index in [1.54, 1.807) is 27.4 Å². The maximum atomic E-state index is 5.15. The summed E-state index contributed by atoms with van der Waals surface area (Å²) in [7, 11) is 4.73. The van der Waals surface area contributed by atoms with Crippen molar-refractivity contribution in [1.82, 2.24) is 0 Å². The molecular formula is C10H13O3Y-. The topological polar surface area (TPSA) is 27.7 Å². The Bertz CT molecular complexity index is 300. The zero-order chi connectivity index (χ0) is 9.84. The van der Waals surface area contributed by atoms with Crippen LogP contribution in [0.4, 0.5) is 0 Å². The average Bonchev–Trinajstić information content (AvgIpc) is 2.17. The summed E-state index contributed by atoms with van der Waals surface area (Å²) in [6, 6.07) is 3.61. The van der Waals surface area contributed by atoms with Gasteiger partial charge in [-0.1, -0.05) is 6.07 Å². The third kappa shape index (κ3) is 2.55. The molecule has 0 aliphatic carbocycles. The van der Waals surface area contributed by atoms with Crippen molar-refractivity contribution < 1.29 is 46.9 Å². The van der Waals surface area contributed by atoms with Gasteiger partial charge in [0.1, 0.15) is 11.5 Å². The van der Waals surface area contributed by atoms with E-state index in [9.17, 15) is 0 Å². The van der Waals surface area contributed by atoms with E-state index in [1.807, 2.05) is 6.07 Å². The van der Waals surface area contributed by atoms with Crippen molar-refractivity contribution in [2.24, 2.45) is 0 Å². The molecule has 0 fully saturated rings. The summed E-state index contributed by atoms with van der Waals surface area (Å²) in [4.78, 5) is 0. The van der Waals surface area contributed by atoms with Crippen LogP contribution in [0.5, 0.6) is 17.2 Å². The second-order valence-corrected chi connectivity index (χ2v) is 2.49. The summed E-state index contributed by atoms with van der Waals surface area (Å²) in [5.41, 5.74) is 0.778. The Labute approximate surface area is 110 Å². The van der Waals surface area contributed by atoms with Gasteiger partial charge in [0, 0.05) is 32.7 Å². The molecule has 14 heavy (non-hydrogen) atoms. The molecule has 4 heteroatoms. The van der Waals surface area contributed by atoms with Gasteiger partial charge in [-0.25, -0.2) is 0 Å². The number of rotatable bonds is 3. The van der Waals surface area contributed by atoms with Crippen LogP contribution in [0.1, 0.15) is 5.56 Å². The number of hydrogen-bond acceptors (Lipinski definition) is 3. The molecule has 1 aromatic rings. The van der Waals surface area contributed by atoms with Crippen LogP contribution in [0.15, 0.2) is 12.1 Å². The Morgan fingerprint density at radius 2 is 1.50 bits per heavy atom. The number of benzene rings is 1. The molecule has 0 saturated carbocycles. The van der Waals surface area contributed by atoms with Crippen LogP contribution in [-0.4, -0.2) is 21.3 Å². The largest absolute Gasteiger partial charge is 0.550 e. The van der Waals surface area contributed by atoms with Crippen molar-refractivity contribution in [3.05, 3.63) is 24.6 Å².